The van der Waals surface area contributed by atoms with Crippen molar-refractivity contribution in [2.24, 2.45) is 0 Å². The topological polar surface area (TPSA) is 161 Å². The van der Waals surface area contributed by atoms with Crippen molar-refractivity contribution in [3.05, 3.63) is 34.5 Å². The van der Waals surface area contributed by atoms with Crippen molar-refractivity contribution < 1.29 is 42.4 Å². The third-order valence-corrected chi connectivity index (χ3v) is 7.66. The second-order valence-electron chi connectivity index (χ2n) is 8.01. The largest absolute Gasteiger partial charge is 0.459 e. The second-order valence-corrected chi connectivity index (χ2v) is 13.0. The molecule has 2 heterocycles. The van der Waals surface area contributed by atoms with Crippen LogP contribution in [0.5, 0.6) is 0 Å². The zero-order valence-electron chi connectivity index (χ0n) is 21.5. The van der Waals surface area contributed by atoms with E-state index in [-0.39, 0.29) is 25.2 Å². The second kappa shape index (κ2) is 14.9. The minimum atomic E-state index is -2.67. The van der Waals surface area contributed by atoms with Gasteiger partial charge in [-0.15, -0.1) is 15.8 Å². The number of hydrazine groups is 1. The minimum Gasteiger partial charge on any atom is -0.459 e. The molecule has 13 nitrogen and oxygen atoms in total. The monoisotopic (exact) mass is 660 g/mol. The molecule has 1 fully saturated rings. The van der Waals surface area contributed by atoms with Gasteiger partial charge in [-0.2, -0.15) is 0 Å². The number of thiophene rings is 1. The van der Waals surface area contributed by atoms with Gasteiger partial charge in [0, 0.05) is 4.88 Å². The van der Waals surface area contributed by atoms with Crippen LogP contribution >= 0.6 is 46.1 Å². The van der Waals surface area contributed by atoms with Gasteiger partial charge in [-0.1, -0.05) is 47.4 Å². The zero-order valence-corrected chi connectivity index (χ0v) is 25.4. The Morgan fingerprint density at radius 1 is 1.20 bits per heavy atom. The van der Waals surface area contributed by atoms with Crippen LogP contribution in [-0.4, -0.2) is 84.6 Å². The maximum atomic E-state index is 13.8. The predicted octanol–water partition coefficient (Wildman–Crippen LogP) is 2.59. The zero-order chi connectivity index (χ0) is 30.2. The Labute approximate surface area is 251 Å². The molecule has 4 atom stereocenters. The van der Waals surface area contributed by atoms with Crippen molar-refractivity contribution in [3.8, 4) is 0 Å². The lowest BCUT2D eigenvalue weighted by molar-refractivity contribution is -0.163. The van der Waals surface area contributed by atoms with E-state index in [1.165, 1.54) is 32.1 Å². The molecule has 1 aromatic heterocycles. The molecule has 0 aliphatic carbocycles. The van der Waals surface area contributed by atoms with Gasteiger partial charge in [-0.25, -0.2) is 24.0 Å². The van der Waals surface area contributed by atoms with E-state index in [9.17, 15) is 28.2 Å². The molecule has 0 aromatic carbocycles. The van der Waals surface area contributed by atoms with Crippen molar-refractivity contribution in [2.75, 3.05) is 19.8 Å². The van der Waals surface area contributed by atoms with Crippen LogP contribution in [0.3, 0.4) is 0 Å². The molecule has 0 bridgehead atoms. The smallest absolute Gasteiger partial charge is 0.441 e. The number of nitrogens with one attached hydrogen (secondary N) is 2. The maximum Gasteiger partial charge on any atom is 0.441 e. The summed E-state index contributed by atoms with van der Waals surface area (Å²) in [5.41, 5.74) is 2.06. The molecule has 4 amide bonds. The van der Waals surface area contributed by atoms with Crippen LogP contribution in [-0.2, 0) is 46.0 Å². The number of carbonyl (C=O) groups is 5. The molecule has 1 saturated heterocycles. The van der Waals surface area contributed by atoms with E-state index in [1.54, 1.807) is 17.5 Å². The molecule has 1 aliphatic rings. The third kappa shape index (κ3) is 8.96. The number of esters is 1. The van der Waals surface area contributed by atoms with Crippen LogP contribution in [0.25, 0.3) is 0 Å². The van der Waals surface area contributed by atoms with Crippen molar-refractivity contribution in [1.82, 2.24) is 20.1 Å². The van der Waals surface area contributed by atoms with Gasteiger partial charge in [0.2, 0.25) is 9.70 Å². The Morgan fingerprint density at radius 3 is 2.38 bits per heavy atom. The van der Waals surface area contributed by atoms with E-state index >= 15 is 0 Å². The third-order valence-electron chi connectivity index (χ3n) is 4.95. The highest BCUT2D eigenvalue weighted by molar-refractivity contribution is 7.84. The van der Waals surface area contributed by atoms with Crippen LogP contribution < -0.4 is 10.7 Å². The Kier molecular flexibility index (Phi) is 12.5. The van der Waals surface area contributed by atoms with Crippen LogP contribution in [0.4, 0.5) is 9.59 Å². The number of alkyl halides is 3. The molecule has 1 aromatic rings. The first-order valence-corrected chi connectivity index (χ1v) is 14.7. The molecule has 40 heavy (non-hydrogen) atoms. The Morgan fingerprint density at radius 2 is 1.85 bits per heavy atom. The van der Waals surface area contributed by atoms with E-state index in [4.69, 9.17) is 49.0 Å². The molecule has 2 N–H and O–H groups in total. The number of rotatable bonds is 11. The number of carbonyl (C=O) groups excluding carboxylic acids is 5. The van der Waals surface area contributed by atoms with Gasteiger partial charge in [-0.3, -0.25) is 9.59 Å². The molecule has 1 aliphatic heterocycles. The van der Waals surface area contributed by atoms with Crippen molar-refractivity contribution in [3.63, 3.8) is 0 Å². The van der Waals surface area contributed by atoms with Crippen LogP contribution in [0.2, 0.25) is 0 Å². The lowest BCUT2D eigenvalue weighted by Crippen LogP contribution is -2.77. The van der Waals surface area contributed by atoms with E-state index in [2.05, 4.69) is 11.9 Å². The SMILES string of the molecule is C=C(C)C(C(=O)OCC(Cl)(Cl)Cl)N1C(=O)C(NC(=O)Cc2cccs2)C1S(=O)N(NC(=O)OCC)C(=O)OCC. The number of likely N-dealkylation sites (tertiary alicyclic amines) is 1. The molecule has 0 spiro atoms. The Bertz CT molecular complexity index is 1150. The summed E-state index contributed by atoms with van der Waals surface area (Å²) >= 11 is 18.3. The van der Waals surface area contributed by atoms with Gasteiger partial charge in [0.1, 0.15) is 12.6 Å². The number of ether oxygens (including phenoxy) is 3. The predicted molar refractivity (Wildman–Crippen MR) is 148 cm³/mol. The molecule has 0 saturated carbocycles. The summed E-state index contributed by atoms with van der Waals surface area (Å²) in [6.07, 6.45) is -2.51. The van der Waals surface area contributed by atoms with Gasteiger partial charge in [-0.05, 0) is 37.8 Å². The summed E-state index contributed by atoms with van der Waals surface area (Å²) in [5, 5.41) is 2.64. The molecule has 18 heteroatoms. The standard InChI is InChI=1S/C22H27Cl3N4O9S2/c1-5-36-20(33)27-29(21(34)37-6-2)40(35)18-15(26-14(30)10-13-8-7-9-39-13)17(31)28(18)16(12(3)4)19(32)38-11-22(23,24)25/h7-9,15-16,18H,3,5-6,10-11H2,1-2,4H3,(H,26,30)(H,27,33). The van der Waals surface area contributed by atoms with E-state index < -0.39 is 68.8 Å². The summed E-state index contributed by atoms with van der Waals surface area (Å²) in [6, 6.07) is 0.390. The lowest BCUT2D eigenvalue weighted by atomic mass is 9.99. The fourth-order valence-electron chi connectivity index (χ4n) is 3.39. The normalized spacial score (nSPS) is 18.1. The number of amides is 4. The Hall–Kier alpha value is -2.59. The Balaban J connectivity index is 2.45. The summed E-state index contributed by atoms with van der Waals surface area (Å²) in [5.74, 6) is -2.54. The number of halogens is 3. The number of hydrogen-bond donors (Lipinski definition) is 2. The van der Waals surface area contributed by atoms with Crippen molar-refractivity contribution >= 4 is 87.1 Å². The average molecular weight is 662 g/mol. The summed E-state index contributed by atoms with van der Waals surface area (Å²) in [6.45, 7) is 7.11. The fraction of sp³-hybridized carbons (Fsp3) is 0.500. The highest BCUT2D eigenvalue weighted by atomic mass is 35.6. The van der Waals surface area contributed by atoms with Gasteiger partial charge in [0.25, 0.3) is 5.91 Å². The summed E-state index contributed by atoms with van der Waals surface area (Å²) < 4.78 is 26.8. The van der Waals surface area contributed by atoms with Crippen LogP contribution in [0.15, 0.2) is 29.7 Å². The number of nitrogens with zero attached hydrogens (tertiary/aromatic N) is 2. The lowest BCUT2D eigenvalue weighted by Gasteiger charge is -2.49. The van der Waals surface area contributed by atoms with Crippen LogP contribution in [0.1, 0.15) is 25.6 Å². The summed E-state index contributed by atoms with van der Waals surface area (Å²) in [4.78, 5) is 65.2. The van der Waals surface area contributed by atoms with Crippen molar-refractivity contribution in [2.45, 2.75) is 48.4 Å². The highest BCUT2D eigenvalue weighted by Gasteiger charge is 2.58. The highest BCUT2D eigenvalue weighted by Crippen LogP contribution is 2.32. The van der Waals surface area contributed by atoms with E-state index in [1.807, 2.05) is 5.43 Å². The summed E-state index contributed by atoms with van der Waals surface area (Å²) in [7, 11) is -2.67. The van der Waals surface area contributed by atoms with Gasteiger partial charge in [0.05, 0.1) is 19.6 Å². The average Bonchev–Trinajstić information content (AvgIpc) is 3.37. The first-order valence-electron chi connectivity index (χ1n) is 11.5. The van der Waals surface area contributed by atoms with Gasteiger partial charge >= 0.3 is 18.2 Å². The fourth-order valence-corrected chi connectivity index (χ4v) is 5.67. The molecule has 4 unspecified atom stereocenters. The van der Waals surface area contributed by atoms with Gasteiger partial charge in [0.15, 0.2) is 22.4 Å². The molecular weight excluding hydrogens is 635 g/mol. The minimum absolute atomic E-state index is 0.0640. The van der Waals surface area contributed by atoms with Crippen LogP contribution in [0, 0.1) is 0 Å². The molecule has 222 valence electrons. The number of hydrogen-bond acceptors (Lipinski definition) is 10. The maximum absolute atomic E-state index is 13.8. The van der Waals surface area contributed by atoms with Crippen molar-refractivity contribution in [1.29, 1.82) is 0 Å². The molecular formula is C22H27Cl3N4O9S2. The molecule has 0 radical (unpaired) electrons. The van der Waals surface area contributed by atoms with Gasteiger partial charge < -0.3 is 24.4 Å². The quantitative estimate of drug-likeness (QED) is 0.0907. The molecule has 2 rings (SSSR count). The first-order chi connectivity index (χ1) is 18.7. The van der Waals surface area contributed by atoms with E-state index in [0.717, 1.165) is 4.90 Å². The first kappa shape index (κ1) is 33.6. The van der Waals surface area contributed by atoms with E-state index in [0.29, 0.717) is 9.29 Å². The number of β-lactam (4-membered cyclic amide) rings is 1.